The third kappa shape index (κ3) is 3.14. The number of hydrogen-bond acceptors (Lipinski definition) is 3. The van der Waals surface area contributed by atoms with Gasteiger partial charge in [-0.05, 0) is 56.3 Å². The number of carbonyl (C=O) groups is 1. The van der Waals surface area contributed by atoms with Gasteiger partial charge in [-0.1, -0.05) is 34.1 Å². The largest absolute Gasteiger partial charge is 0.295 e. The fraction of sp³-hybridized carbons (Fsp3) is 0.0952. The molecule has 1 aromatic heterocycles. The number of anilines is 1. The average Bonchev–Trinajstić information content (AvgIpc) is 3.14. The van der Waals surface area contributed by atoms with Crippen LogP contribution in [0, 0.1) is 6.92 Å². The van der Waals surface area contributed by atoms with Crippen LogP contribution in [0.1, 0.15) is 18.2 Å². The summed E-state index contributed by atoms with van der Waals surface area (Å²) in [5.41, 5.74) is 3.29. The molecule has 6 nitrogen and oxygen atoms in total. The highest BCUT2D eigenvalue weighted by Gasteiger charge is 2.29. The zero-order chi connectivity index (χ0) is 19.8. The van der Waals surface area contributed by atoms with Crippen LogP contribution in [0.15, 0.2) is 74.5 Å². The number of hydrogen-bond donors (Lipinski definition) is 1. The number of benzene rings is 2. The normalized spacial score (nSPS) is 15.4. The van der Waals surface area contributed by atoms with E-state index in [0.29, 0.717) is 28.2 Å². The fourth-order valence-electron chi connectivity index (χ4n) is 3.07. The quantitative estimate of drug-likeness (QED) is 0.629. The Balaban J connectivity index is 1.74. The van der Waals surface area contributed by atoms with Gasteiger partial charge in [0.15, 0.2) is 0 Å². The standard InChI is InChI=1S/C21H17BrN4O2/c1-13-18(20(27)25(23-13)16-6-4-3-5-7-16)12-19-14(2)24-26(21(19)28)17-10-8-15(22)9-11-17/h3-12,24H,1-2H3/b18-12-. The van der Waals surface area contributed by atoms with Crippen molar-refractivity contribution in [2.24, 2.45) is 5.10 Å². The van der Waals surface area contributed by atoms with Crippen molar-refractivity contribution in [2.75, 3.05) is 5.01 Å². The molecule has 1 amide bonds. The molecule has 0 atom stereocenters. The first-order valence-electron chi connectivity index (χ1n) is 8.70. The van der Waals surface area contributed by atoms with Gasteiger partial charge < -0.3 is 0 Å². The van der Waals surface area contributed by atoms with E-state index in [-0.39, 0.29) is 11.5 Å². The summed E-state index contributed by atoms with van der Waals surface area (Å²) in [6, 6.07) is 16.6. The number of aryl methyl sites for hydroxylation is 1. The minimum absolute atomic E-state index is 0.217. The molecule has 1 N–H and O–H groups in total. The number of amides is 1. The predicted molar refractivity (Wildman–Crippen MR) is 114 cm³/mol. The molecule has 0 radical (unpaired) electrons. The molecule has 140 valence electrons. The number of aromatic amines is 1. The lowest BCUT2D eigenvalue weighted by Crippen LogP contribution is -2.21. The van der Waals surface area contributed by atoms with E-state index in [4.69, 9.17) is 0 Å². The van der Waals surface area contributed by atoms with E-state index in [1.54, 1.807) is 13.0 Å². The van der Waals surface area contributed by atoms with Gasteiger partial charge in [-0.3, -0.25) is 14.7 Å². The molecule has 0 saturated carbocycles. The maximum Gasteiger partial charge on any atom is 0.280 e. The fourth-order valence-corrected chi connectivity index (χ4v) is 3.34. The molecule has 2 heterocycles. The van der Waals surface area contributed by atoms with Crippen LogP contribution in [0.3, 0.4) is 0 Å². The molecule has 0 bridgehead atoms. The lowest BCUT2D eigenvalue weighted by molar-refractivity contribution is -0.114. The third-order valence-electron chi connectivity index (χ3n) is 4.55. The highest BCUT2D eigenvalue weighted by Crippen LogP contribution is 2.24. The van der Waals surface area contributed by atoms with Gasteiger partial charge in [0.25, 0.3) is 11.5 Å². The Hall–Kier alpha value is -3.19. The Morgan fingerprint density at radius 1 is 0.964 bits per heavy atom. The predicted octanol–water partition coefficient (Wildman–Crippen LogP) is 4.04. The molecule has 1 aliphatic heterocycles. The maximum atomic E-state index is 12.9. The number of carbonyl (C=O) groups excluding carboxylic acids is 1. The molecule has 0 unspecified atom stereocenters. The monoisotopic (exact) mass is 436 g/mol. The number of halogens is 1. The Kier molecular flexibility index (Phi) is 4.60. The van der Waals surface area contributed by atoms with Crippen molar-refractivity contribution in [1.82, 2.24) is 9.78 Å². The van der Waals surface area contributed by atoms with E-state index < -0.39 is 0 Å². The van der Waals surface area contributed by atoms with Crippen LogP contribution < -0.4 is 10.6 Å². The molecule has 7 heteroatoms. The van der Waals surface area contributed by atoms with Crippen molar-refractivity contribution >= 4 is 39.3 Å². The van der Waals surface area contributed by atoms with Crippen molar-refractivity contribution in [1.29, 1.82) is 0 Å². The van der Waals surface area contributed by atoms with Gasteiger partial charge in [0.1, 0.15) is 0 Å². The van der Waals surface area contributed by atoms with Gasteiger partial charge in [-0.25, -0.2) is 4.68 Å². The second kappa shape index (κ2) is 7.09. The first-order valence-corrected chi connectivity index (χ1v) is 9.49. The van der Waals surface area contributed by atoms with Crippen LogP contribution >= 0.6 is 15.9 Å². The summed E-state index contributed by atoms with van der Waals surface area (Å²) in [4.78, 5) is 25.8. The molecule has 3 aromatic rings. The maximum absolute atomic E-state index is 12.9. The number of H-pyrrole nitrogens is 1. The van der Waals surface area contributed by atoms with Crippen LogP contribution in [0.2, 0.25) is 0 Å². The number of nitrogens with zero attached hydrogens (tertiary/aromatic N) is 3. The van der Waals surface area contributed by atoms with Crippen LogP contribution in [0.4, 0.5) is 5.69 Å². The van der Waals surface area contributed by atoms with Crippen LogP contribution in [-0.2, 0) is 4.79 Å². The van der Waals surface area contributed by atoms with Gasteiger partial charge in [0.2, 0.25) is 0 Å². The average molecular weight is 437 g/mol. The first-order chi connectivity index (χ1) is 13.5. The summed E-state index contributed by atoms with van der Waals surface area (Å²) in [7, 11) is 0. The smallest absolute Gasteiger partial charge is 0.280 e. The topological polar surface area (TPSA) is 70.5 Å². The summed E-state index contributed by atoms with van der Waals surface area (Å²) >= 11 is 3.39. The van der Waals surface area contributed by atoms with E-state index in [9.17, 15) is 9.59 Å². The van der Waals surface area contributed by atoms with Crippen molar-refractivity contribution in [2.45, 2.75) is 13.8 Å². The van der Waals surface area contributed by atoms with Crippen LogP contribution in [-0.4, -0.2) is 21.4 Å². The summed E-state index contributed by atoms with van der Waals surface area (Å²) in [6.45, 7) is 3.58. The number of rotatable bonds is 3. The molecular formula is C21H17BrN4O2. The Morgan fingerprint density at radius 3 is 2.32 bits per heavy atom. The summed E-state index contributed by atoms with van der Waals surface area (Å²) in [5.74, 6) is -0.251. The number of para-hydroxylation sites is 1. The number of nitrogens with one attached hydrogen (secondary N) is 1. The lowest BCUT2D eigenvalue weighted by Gasteiger charge is -2.10. The molecule has 0 saturated heterocycles. The van der Waals surface area contributed by atoms with E-state index in [0.717, 1.165) is 10.2 Å². The lowest BCUT2D eigenvalue weighted by atomic mass is 10.1. The number of aromatic nitrogens is 2. The van der Waals surface area contributed by atoms with Crippen molar-refractivity contribution in [3.8, 4) is 5.69 Å². The van der Waals surface area contributed by atoms with Crippen molar-refractivity contribution in [3.63, 3.8) is 0 Å². The van der Waals surface area contributed by atoms with Gasteiger partial charge in [-0.15, -0.1) is 0 Å². The molecule has 0 fully saturated rings. The summed E-state index contributed by atoms with van der Waals surface area (Å²) < 4.78 is 2.40. The summed E-state index contributed by atoms with van der Waals surface area (Å²) in [6.07, 6.45) is 1.62. The molecule has 1 aliphatic rings. The van der Waals surface area contributed by atoms with Crippen LogP contribution in [0.5, 0.6) is 0 Å². The zero-order valence-corrected chi connectivity index (χ0v) is 16.9. The highest BCUT2D eigenvalue weighted by atomic mass is 79.9. The molecular weight excluding hydrogens is 420 g/mol. The van der Waals surface area contributed by atoms with E-state index in [2.05, 4.69) is 26.1 Å². The van der Waals surface area contributed by atoms with Crippen molar-refractivity contribution < 1.29 is 4.79 Å². The van der Waals surface area contributed by atoms with E-state index >= 15 is 0 Å². The molecule has 2 aromatic carbocycles. The minimum Gasteiger partial charge on any atom is -0.295 e. The van der Waals surface area contributed by atoms with E-state index in [1.807, 2.05) is 61.5 Å². The van der Waals surface area contributed by atoms with E-state index in [1.165, 1.54) is 9.69 Å². The third-order valence-corrected chi connectivity index (χ3v) is 5.08. The second-order valence-electron chi connectivity index (χ2n) is 6.46. The Morgan fingerprint density at radius 2 is 1.64 bits per heavy atom. The van der Waals surface area contributed by atoms with Crippen LogP contribution in [0.25, 0.3) is 11.8 Å². The minimum atomic E-state index is -0.251. The van der Waals surface area contributed by atoms with Gasteiger partial charge in [-0.2, -0.15) is 10.1 Å². The van der Waals surface area contributed by atoms with Gasteiger partial charge in [0, 0.05) is 10.2 Å². The Bertz CT molecular complexity index is 1170. The van der Waals surface area contributed by atoms with Crippen molar-refractivity contribution in [3.05, 3.63) is 86.3 Å². The molecule has 0 aliphatic carbocycles. The number of hydrazone groups is 1. The highest BCUT2D eigenvalue weighted by molar-refractivity contribution is 9.10. The van der Waals surface area contributed by atoms with Gasteiger partial charge in [0.05, 0.1) is 28.2 Å². The Labute approximate surface area is 169 Å². The second-order valence-corrected chi connectivity index (χ2v) is 7.38. The first kappa shape index (κ1) is 18.2. The molecule has 4 rings (SSSR count). The van der Waals surface area contributed by atoms with Gasteiger partial charge >= 0.3 is 0 Å². The zero-order valence-electron chi connectivity index (χ0n) is 15.3. The summed E-state index contributed by atoms with van der Waals surface area (Å²) in [5, 5.41) is 8.79. The molecule has 28 heavy (non-hydrogen) atoms. The molecule has 0 spiro atoms. The SMILES string of the molecule is CC1=NN(c2ccccc2)C(=O)/C1=C\c1c(C)[nH]n(-c2ccc(Br)cc2)c1=O.